The number of benzene rings is 1. The van der Waals surface area contributed by atoms with Gasteiger partial charge in [0, 0.05) is 63.2 Å². The van der Waals surface area contributed by atoms with Gasteiger partial charge >= 0.3 is 11.9 Å². The van der Waals surface area contributed by atoms with Gasteiger partial charge in [0.25, 0.3) is 11.8 Å². The summed E-state index contributed by atoms with van der Waals surface area (Å²) < 4.78 is 24.5. The van der Waals surface area contributed by atoms with Crippen molar-refractivity contribution in [2.75, 3.05) is 38.0 Å². The molecule has 0 bridgehead atoms. The first-order valence-electron chi connectivity index (χ1n) is 17.4. The highest BCUT2D eigenvalue weighted by Gasteiger charge is 2.28. The van der Waals surface area contributed by atoms with Crippen molar-refractivity contribution in [3.05, 3.63) is 64.7 Å². The minimum atomic E-state index is -0.703. The summed E-state index contributed by atoms with van der Waals surface area (Å²) in [5, 5.41) is 7.12. The van der Waals surface area contributed by atoms with E-state index in [-0.39, 0.29) is 58.8 Å². The molecule has 3 aromatic heterocycles. The van der Waals surface area contributed by atoms with Gasteiger partial charge in [0.2, 0.25) is 5.91 Å². The van der Waals surface area contributed by atoms with Crippen molar-refractivity contribution in [2.45, 2.75) is 53.0 Å². The summed E-state index contributed by atoms with van der Waals surface area (Å²) in [5.41, 5.74) is 1.67. The normalized spacial score (nSPS) is 13.2. The molecule has 2 N–H and O–H groups in total. The highest BCUT2D eigenvalue weighted by molar-refractivity contribution is 7.14. The lowest BCUT2D eigenvalue weighted by Crippen LogP contribution is -2.39. The van der Waals surface area contributed by atoms with Gasteiger partial charge in [0.05, 0.1) is 43.8 Å². The van der Waals surface area contributed by atoms with Crippen molar-refractivity contribution in [3.8, 4) is 17.2 Å². The maximum absolute atomic E-state index is 13.2. The van der Waals surface area contributed by atoms with Crippen LogP contribution in [0, 0.1) is 0 Å². The van der Waals surface area contributed by atoms with Crippen LogP contribution < -0.4 is 24.8 Å². The summed E-state index contributed by atoms with van der Waals surface area (Å²) in [6.45, 7) is 8.67. The van der Waals surface area contributed by atoms with E-state index < -0.39 is 17.8 Å². The maximum Gasteiger partial charge on any atom is 0.360 e. The monoisotopic (exact) mass is 763 g/mol. The number of amides is 3. The number of esters is 2. The van der Waals surface area contributed by atoms with Crippen molar-refractivity contribution in [3.63, 3.8) is 0 Å². The van der Waals surface area contributed by atoms with Crippen LogP contribution in [0.5, 0.6) is 17.2 Å². The highest BCUT2D eigenvalue weighted by Crippen LogP contribution is 2.37. The van der Waals surface area contributed by atoms with E-state index in [1.165, 1.54) is 53.3 Å². The van der Waals surface area contributed by atoms with E-state index in [9.17, 15) is 24.0 Å². The van der Waals surface area contributed by atoms with Crippen molar-refractivity contribution in [1.29, 1.82) is 0 Å². The molecule has 0 aliphatic carbocycles. The van der Waals surface area contributed by atoms with Crippen LogP contribution in [-0.2, 0) is 23.6 Å². The fraction of sp³-hybridized carbons (Fsp3) is 0.378. The molecule has 1 aliphatic heterocycles. The number of aryl methyl sites for hydroxylation is 2. The van der Waals surface area contributed by atoms with E-state index in [2.05, 4.69) is 20.6 Å². The number of fused-ring (bicyclic) bond motifs is 1. The van der Waals surface area contributed by atoms with Gasteiger partial charge in [-0.05, 0) is 31.9 Å². The standard InChI is InChI=1S/C35H39N7O9S.C2H6/c1-7-21-16-36-24-15-29(28(48-5)14-23(24)32(45)42(21)8-2)50-11-9-10-30(43)39-35-38-25(19-52-35)31(44)37-20-12-26(40(3)17-20)34(47)51-22-13-27(33(46)49-6)41(4)18-22;1-2/h12-19,21H,7-11H2,1-6H3,(H,37,44)(H,38,39,43);1-2H3. The second kappa shape index (κ2) is 18.7. The Morgan fingerprint density at radius 1 is 0.926 bits per heavy atom. The lowest BCUT2D eigenvalue weighted by atomic mass is 10.1. The molecular formula is C37H45N7O9S. The fourth-order valence-corrected chi connectivity index (χ4v) is 6.18. The maximum atomic E-state index is 13.2. The van der Waals surface area contributed by atoms with Gasteiger partial charge < -0.3 is 43.6 Å². The zero-order valence-electron chi connectivity index (χ0n) is 31.6. The van der Waals surface area contributed by atoms with Crippen LogP contribution in [0.15, 0.2) is 47.0 Å². The molecule has 4 heterocycles. The lowest BCUT2D eigenvalue weighted by molar-refractivity contribution is -0.116. The summed E-state index contributed by atoms with van der Waals surface area (Å²) in [4.78, 5) is 73.9. The van der Waals surface area contributed by atoms with Crippen LogP contribution in [0.1, 0.15) is 88.8 Å². The number of carbonyl (C=O) groups is 5. The molecule has 288 valence electrons. The van der Waals surface area contributed by atoms with Gasteiger partial charge in [-0.1, -0.05) is 20.8 Å². The predicted molar refractivity (Wildman–Crippen MR) is 204 cm³/mol. The highest BCUT2D eigenvalue weighted by atomic mass is 32.1. The molecule has 17 heteroatoms. The number of carbonyl (C=O) groups excluding carboxylic acids is 5. The second-order valence-electron chi connectivity index (χ2n) is 11.6. The second-order valence-corrected chi connectivity index (χ2v) is 12.5. The zero-order chi connectivity index (χ0) is 39.5. The van der Waals surface area contributed by atoms with Gasteiger partial charge in [0.15, 0.2) is 16.6 Å². The van der Waals surface area contributed by atoms with Gasteiger partial charge in [-0.3, -0.25) is 19.4 Å². The molecule has 0 saturated carbocycles. The van der Waals surface area contributed by atoms with Crippen LogP contribution in [0.3, 0.4) is 0 Å². The molecule has 0 saturated heterocycles. The first kappa shape index (κ1) is 40.8. The number of thiazole rings is 1. The summed E-state index contributed by atoms with van der Waals surface area (Å²) in [7, 11) is 5.97. The number of hydrogen-bond donors (Lipinski definition) is 2. The first-order chi connectivity index (χ1) is 26.0. The number of hydrogen-bond acceptors (Lipinski definition) is 12. The average Bonchev–Trinajstić information content (AvgIpc) is 3.87. The molecule has 1 aliphatic rings. The fourth-order valence-electron chi connectivity index (χ4n) is 5.48. The van der Waals surface area contributed by atoms with E-state index in [1.54, 1.807) is 37.3 Å². The first-order valence-corrected chi connectivity index (χ1v) is 18.2. The summed E-state index contributed by atoms with van der Waals surface area (Å²) in [6.07, 6.45) is 6.00. The Hall–Kier alpha value is -5.97. The van der Waals surface area contributed by atoms with E-state index in [1.807, 2.05) is 27.7 Å². The van der Waals surface area contributed by atoms with Crippen LogP contribution >= 0.6 is 11.3 Å². The molecular weight excluding hydrogens is 719 g/mol. The molecule has 5 rings (SSSR count). The minimum Gasteiger partial charge on any atom is -0.493 e. The Balaban J connectivity index is 0.00000319. The zero-order valence-corrected chi connectivity index (χ0v) is 32.4. The Labute approximate surface area is 317 Å². The molecule has 0 spiro atoms. The molecule has 1 unspecified atom stereocenters. The van der Waals surface area contributed by atoms with Crippen molar-refractivity contribution in [2.24, 2.45) is 19.1 Å². The van der Waals surface area contributed by atoms with Crippen LogP contribution in [0.25, 0.3) is 0 Å². The van der Waals surface area contributed by atoms with Crippen molar-refractivity contribution >= 4 is 63.7 Å². The number of rotatable bonds is 14. The average molecular weight is 764 g/mol. The Kier molecular flexibility index (Phi) is 14.1. The largest absolute Gasteiger partial charge is 0.493 e. The van der Waals surface area contributed by atoms with Gasteiger partial charge in [-0.25, -0.2) is 14.6 Å². The third kappa shape index (κ3) is 9.52. The Morgan fingerprint density at radius 3 is 2.33 bits per heavy atom. The molecule has 1 atom stereocenters. The molecule has 16 nitrogen and oxygen atoms in total. The van der Waals surface area contributed by atoms with E-state index in [0.29, 0.717) is 41.4 Å². The third-order valence-electron chi connectivity index (χ3n) is 8.16. The molecule has 3 amide bonds. The lowest BCUT2D eigenvalue weighted by Gasteiger charge is -2.26. The van der Waals surface area contributed by atoms with Gasteiger partial charge in [-0.15, -0.1) is 11.3 Å². The number of anilines is 2. The number of nitrogens with one attached hydrogen (secondary N) is 2. The van der Waals surface area contributed by atoms with E-state index in [4.69, 9.17) is 18.9 Å². The van der Waals surface area contributed by atoms with Crippen molar-refractivity contribution < 1.29 is 42.9 Å². The smallest absolute Gasteiger partial charge is 0.360 e. The minimum absolute atomic E-state index is 0.0694. The summed E-state index contributed by atoms with van der Waals surface area (Å²) in [6, 6.07) is 6.03. The van der Waals surface area contributed by atoms with Gasteiger partial charge in [-0.2, -0.15) is 0 Å². The predicted octanol–water partition coefficient (Wildman–Crippen LogP) is 5.87. The molecule has 4 aromatic rings. The molecule has 54 heavy (non-hydrogen) atoms. The molecule has 1 aromatic carbocycles. The summed E-state index contributed by atoms with van der Waals surface area (Å²) in [5.74, 6) is -1.32. The van der Waals surface area contributed by atoms with E-state index >= 15 is 0 Å². The van der Waals surface area contributed by atoms with Crippen LogP contribution in [-0.4, -0.2) is 88.3 Å². The Morgan fingerprint density at radius 2 is 1.65 bits per heavy atom. The van der Waals surface area contributed by atoms with Crippen LogP contribution in [0.4, 0.5) is 16.5 Å². The third-order valence-corrected chi connectivity index (χ3v) is 8.92. The topological polar surface area (TPSA) is 185 Å². The van der Waals surface area contributed by atoms with Crippen molar-refractivity contribution in [1.82, 2.24) is 19.0 Å². The number of ether oxygens (including phenoxy) is 4. The van der Waals surface area contributed by atoms with E-state index in [0.717, 1.165) is 17.8 Å². The molecule has 0 fully saturated rings. The van der Waals surface area contributed by atoms with Crippen LogP contribution in [0.2, 0.25) is 0 Å². The molecule has 0 radical (unpaired) electrons. The quantitative estimate of drug-likeness (QED) is 0.116. The summed E-state index contributed by atoms with van der Waals surface area (Å²) >= 11 is 1.09. The number of methoxy groups -OCH3 is 2. The number of aromatic nitrogens is 3. The van der Waals surface area contributed by atoms with Gasteiger partial charge in [0.1, 0.15) is 22.8 Å². The number of nitrogens with zero attached hydrogens (tertiary/aromatic N) is 5. The Bertz CT molecular complexity index is 2030. The SMILES string of the molecule is CC.CCC1C=Nc2cc(OCCCC(=O)Nc3nc(C(=O)Nc4cc(C(=O)Oc5cc(C(=O)OC)n(C)c5)n(C)c4)cs3)c(OC)cc2C(=O)N1CC. The number of aliphatic imine (C=N–C) groups is 1.